The van der Waals surface area contributed by atoms with Crippen molar-refractivity contribution in [2.24, 2.45) is 10.2 Å². The third kappa shape index (κ3) is 6.20. The molecule has 8 nitrogen and oxygen atoms in total. The molecular formula is C21H25N5O3. The first-order valence-electron chi connectivity index (χ1n) is 9.53. The van der Waals surface area contributed by atoms with Crippen molar-refractivity contribution in [3.8, 4) is 0 Å². The number of azo groups is 1. The second-order valence-electron chi connectivity index (χ2n) is 7.03. The summed E-state index contributed by atoms with van der Waals surface area (Å²) in [5.41, 5.74) is 2.01. The normalized spacial score (nSPS) is 16.6. The van der Waals surface area contributed by atoms with Gasteiger partial charge in [0.15, 0.2) is 0 Å². The average molecular weight is 395 g/mol. The van der Waals surface area contributed by atoms with E-state index in [2.05, 4.69) is 20.4 Å². The molecule has 1 aliphatic heterocycles. The average Bonchev–Trinajstić information content (AvgIpc) is 2.73. The maximum Gasteiger partial charge on any atom is 0.321 e. The number of carbonyl (C=O) groups excluding carboxylic acids is 1. The Morgan fingerprint density at radius 2 is 1.55 bits per heavy atom. The molecule has 2 aromatic rings. The van der Waals surface area contributed by atoms with Gasteiger partial charge in [0.2, 0.25) is 5.91 Å². The molecule has 1 fully saturated rings. The monoisotopic (exact) mass is 395 g/mol. The number of nitrogens with zero attached hydrogens (tertiary/aromatic N) is 4. The molecule has 3 rings (SSSR count). The van der Waals surface area contributed by atoms with Crippen LogP contribution < -0.4 is 5.32 Å². The van der Waals surface area contributed by atoms with Crippen molar-refractivity contribution in [2.75, 3.05) is 38.5 Å². The topological polar surface area (TPSA) is 97.6 Å². The minimum atomic E-state index is -0.971. The zero-order valence-electron chi connectivity index (χ0n) is 16.4. The molecule has 1 unspecified atom stereocenters. The Morgan fingerprint density at radius 1 is 0.966 bits per heavy atom. The van der Waals surface area contributed by atoms with Crippen molar-refractivity contribution in [1.29, 1.82) is 0 Å². The van der Waals surface area contributed by atoms with Crippen molar-refractivity contribution < 1.29 is 14.7 Å². The van der Waals surface area contributed by atoms with Gasteiger partial charge in [0, 0.05) is 31.9 Å². The van der Waals surface area contributed by atoms with E-state index in [1.807, 2.05) is 42.3 Å². The van der Waals surface area contributed by atoms with Gasteiger partial charge >= 0.3 is 5.97 Å². The zero-order chi connectivity index (χ0) is 20.6. The van der Waals surface area contributed by atoms with Gasteiger partial charge in [-0.05, 0) is 43.4 Å². The zero-order valence-corrected chi connectivity index (χ0v) is 16.4. The number of aliphatic carboxylic acids is 1. The van der Waals surface area contributed by atoms with Crippen LogP contribution in [0.5, 0.6) is 0 Å². The van der Waals surface area contributed by atoms with Gasteiger partial charge in [-0.3, -0.25) is 14.5 Å². The number of hydrogen-bond donors (Lipinski definition) is 2. The summed E-state index contributed by atoms with van der Waals surface area (Å²) >= 11 is 0. The molecule has 0 aliphatic carbocycles. The molecule has 1 heterocycles. The molecule has 1 atom stereocenters. The summed E-state index contributed by atoms with van der Waals surface area (Å²) in [5.74, 6) is -1.30. The summed E-state index contributed by atoms with van der Waals surface area (Å²) in [6.07, 6.45) is -0.0888. The van der Waals surface area contributed by atoms with E-state index >= 15 is 0 Å². The molecule has 0 aromatic heterocycles. The fraction of sp³-hybridized carbons (Fsp3) is 0.333. The van der Waals surface area contributed by atoms with Gasteiger partial charge in [0.1, 0.15) is 6.04 Å². The van der Waals surface area contributed by atoms with Gasteiger partial charge in [-0.1, -0.05) is 18.2 Å². The largest absolute Gasteiger partial charge is 0.480 e. The lowest BCUT2D eigenvalue weighted by Gasteiger charge is -2.35. The molecule has 0 bridgehead atoms. The molecular weight excluding hydrogens is 370 g/mol. The van der Waals surface area contributed by atoms with Gasteiger partial charge in [-0.2, -0.15) is 10.2 Å². The third-order valence-electron chi connectivity index (χ3n) is 4.83. The number of hydrogen-bond acceptors (Lipinski definition) is 6. The molecule has 152 valence electrons. The first kappa shape index (κ1) is 20.6. The highest BCUT2D eigenvalue weighted by atomic mass is 16.4. The minimum absolute atomic E-state index is 0.0888. The fourth-order valence-corrected chi connectivity index (χ4v) is 3.12. The first-order valence-corrected chi connectivity index (χ1v) is 9.53. The molecule has 8 heteroatoms. The number of carboxylic acids is 1. The van der Waals surface area contributed by atoms with Crippen molar-refractivity contribution in [1.82, 2.24) is 9.80 Å². The van der Waals surface area contributed by atoms with E-state index in [4.69, 9.17) is 0 Å². The van der Waals surface area contributed by atoms with Crippen LogP contribution in [0.4, 0.5) is 17.1 Å². The van der Waals surface area contributed by atoms with E-state index < -0.39 is 12.0 Å². The van der Waals surface area contributed by atoms with E-state index in [9.17, 15) is 14.7 Å². The summed E-state index contributed by atoms with van der Waals surface area (Å²) in [4.78, 5) is 28.0. The number of anilines is 1. The van der Waals surface area contributed by atoms with E-state index in [1.165, 1.54) is 0 Å². The van der Waals surface area contributed by atoms with Crippen molar-refractivity contribution in [3.05, 3.63) is 54.6 Å². The van der Waals surface area contributed by atoms with Crippen LogP contribution in [0, 0.1) is 0 Å². The lowest BCUT2D eigenvalue weighted by molar-refractivity contribution is -0.145. The number of carbonyl (C=O) groups is 2. The summed E-state index contributed by atoms with van der Waals surface area (Å²) < 4.78 is 0. The highest BCUT2D eigenvalue weighted by molar-refractivity contribution is 5.94. The number of piperazine rings is 1. The Balaban J connectivity index is 1.55. The number of likely N-dealkylation sites (N-methyl/N-ethyl adjacent to an activating group) is 1. The molecule has 0 radical (unpaired) electrons. The van der Waals surface area contributed by atoms with Crippen molar-refractivity contribution >= 4 is 28.9 Å². The molecule has 29 heavy (non-hydrogen) atoms. The van der Waals surface area contributed by atoms with Crippen LogP contribution >= 0.6 is 0 Å². The van der Waals surface area contributed by atoms with Crippen LogP contribution in [0.2, 0.25) is 0 Å². The number of rotatable bonds is 7. The highest BCUT2D eigenvalue weighted by Crippen LogP contribution is 2.20. The van der Waals surface area contributed by atoms with Gasteiger partial charge < -0.3 is 15.3 Å². The quantitative estimate of drug-likeness (QED) is 0.702. The Labute approximate surface area is 169 Å². The van der Waals surface area contributed by atoms with Crippen LogP contribution in [-0.4, -0.2) is 66.1 Å². The van der Waals surface area contributed by atoms with Crippen molar-refractivity contribution in [3.63, 3.8) is 0 Å². The number of nitrogens with one attached hydrogen (secondary N) is 1. The minimum Gasteiger partial charge on any atom is -0.480 e. The Bertz CT molecular complexity index is 846. The second kappa shape index (κ2) is 9.90. The van der Waals surface area contributed by atoms with Crippen molar-refractivity contribution in [2.45, 2.75) is 12.5 Å². The molecule has 1 saturated heterocycles. The molecule has 0 spiro atoms. The summed E-state index contributed by atoms with van der Waals surface area (Å²) in [5, 5.41) is 20.6. The Morgan fingerprint density at radius 3 is 2.14 bits per heavy atom. The van der Waals surface area contributed by atoms with Gasteiger partial charge in [0.25, 0.3) is 0 Å². The smallest absolute Gasteiger partial charge is 0.321 e. The standard InChI is InChI=1S/C21H25N5O3/c1-25-11-13-26(14-12-25)19(21(28)29)15-20(27)22-16-7-9-18(10-8-16)24-23-17-5-3-2-4-6-17/h2-10,19H,11-15H2,1H3,(H,22,27)(H,28,29). The van der Waals surface area contributed by atoms with E-state index in [0.29, 0.717) is 24.5 Å². The molecule has 0 saturated carbocycles. The summed E-state index contributed by atoms with van der Waals surface area (Å²) in [7, 11) is 2.00. The predicted octanol–water partition coefficient (Wildman–Crippen LogP) is 3.13. The van der Waals surface area contributed by atoms with Crippen LogP contribution in [0.1, 0.15) is 6.42 Å². The summed E-state index contributed by atoms with van der Waals surface area (Å²) in [6.45, 7) is 2.87. The molecule has 2 N–H and O–H groups in total. The number of carboxylic acid groups (broad SMARTS) is 1. The third-order valence-corrected chi connectivity index (χ3v) is 4.83. The highest BCUT2D eigenvalue weighted by Gasteiger charge is 2.30. The van der Waals surface area contributed by atoms with E-state index in [0.717, 1.165) is 18.8 Å². The maximum absolute atomic E-state index is 12.4. The Kier molecular flexibility index (Phi) is 7.04. The predicted molar refractivity (Wildman–Crippen MR) is 111 cm³/mol. The molecule has 1 aliphatic rings. The van der Waals surface area contributed by atoms with Gasteiger partial charge in [-0.25, -0.2) is 0 Å². The second-order valence-corrected chi connectivity index (χ2v) is 7.03. The first-order chi connectivity index (χ1) is 14.0. The molecule has 1 amide bonds. The fourth-order valence-electron chi connectivity index (χ4n) is 3.12. The van der Waals surface area contributed by atoms with E-state index in [-0.39, 0.29) is 12.3 Å². The van der Waals surface area contributed by atoms with Crippen LogP contribution in [0.25, 0.3) is 0 Å². The lowest BCUT2D eigenvalue weighted by atomic mass is 10.1. The van der Waals surface area contributed by atoms with Crippen LogP contribution in [0.15, 0.2) is 64.8 Å². The van der Waals surface area contributed by atoms with Crippen LogP contribution in [-0.2, 0) is 9.59 Å². The van der Waals surface area contributed by atoms with E-state index in [1.54, 1.807) is 24.3 Å². The number of benzene rings is 2. The summed E-state index contributed by atoms with van der Waals surface area (Å²) in [6, 6.07) is 15.5. The Hall–Kier alpha value is -3.10. The van der Waals surface area contributed by atoms with Crippen LogP contribution in [0.3, 0.4) is 0 Å². The lowest BCUT2D eigenvalue weighted by Crippen LogP contribution is -2.52. The van der Waals surface area contributed by atoms with Gasteiger partial charge in [0.05, 0.1) is 17.8 Å². The molecule has 2 aromatic carbocycles. The van der Waals surface area contributed by atoms with Gasteiger partial charge in [-0.15, -0.1) is 0 Å². The number of amides is 1. The SMILES string of the molecule is CN1CCN(C(CC(=O)Nc2ccc(N=Nc3ccccc3)cc2)C(=O)O)CC1. The maximum atomic E-state index is 12.4.